The van der Waals surface area contributed by atoms with E-state index in [0.29, 0.717) is 30.5 Å². The Labute approximate surface area is 175 Å². The van der Waals surface area contributed by atoms with Gasteiger partial charge in [-0.3, -0.25) is 9.48 Å². The molecule has 1 aliphatic rings. The Morgan fingerprint density at radius 2 is 1.97 bits per heavy atom. The number of rotatable bonds is 4. The van der Waals surface area contributed by atoms with Gasteiger partial charge in [-0.25, -0.2) is 14.4 Å². The molecule has 7 nitrogen and oxygen atoms in total. The van der Waals surface area contributed by atoms with E-state index in [1.165, 1.54) is 12.1 Å². The van der Waals surface area contributed by atoms with Gasteiger partial charge in [-0.1, -0.05) is 0 Å². The van der Waals surface area contributed by atoms with Gasteiger partial charge in [-0.05, 0) is 59.1 Å². The largest absolute Gasteiger partial charge is 0.458 e. The molecule has 0 bridgehead atoms. The number of aromatic nitrogens is 4. The molecule has 0 N–H and O–H groups in total. The van der Waals surface area contributed by atoms with Crippen LogP contribution >= 0.6 is 15.9 Å². The number of hydrogen-bond donors (Lipinski definition) is 0. The number of likely N-dealkylation sites (tertiary alicyclic amines) is 1. The summed E-state index contributed by atoms with van der Waals surface area (Å²) in [5.74, 6) is -0.423. The number of aryl methyl sites for hydroxylation is 1. The van der Waals surface area contributed by atoms with E-state index in [0.717, 1.165) is 22.9 Å². The Hall–Kier alpha value is -2.81. The van der Waals surface area contributed by atoms with Gasteiger partial charge in [0.1, 0.15) is 17.6 Å². The van der Waals surface area contributed by atoms with Gasteiger partial charge in [0, 0.05) is 31.5 Å². The van der Waals surface area contributed by atoms with Crippen LogP contribution in [0.1, 0.15) is 23.3 Å². The fourth-order valence-corrected chi connectivity index (χ4v) is 3.53. The van der Waals surface area contributed by atoms with Crippen LogP contribution in [0.2, 0.25) is 0 Å². The van der Waals surface area contributed by atoms with E-state index in [2.05, 4.69) is 31.0 Å². The number of carbonyl (C=O) groups excluding carboxylic acids is 1. The zero-order valence-corrected chi connectivity index (χ0v) is 17.3. The van der Waals surface area contributed by atoms with E-state index in [-0.39, 0.29) is 17.8 Å². The van der Waals surface area contributed by atoms with Crippen molar-refractivity contribution < 1.29 is 13.9 Å². The van der Waals surface area contributed by atoms with Crippen molar-refractivity contribution >= 4 is 21.8 Å². The number of amides is 1. The van der Waals surface area contributed by atoms with Crippen LogP contribution in [0.4, 0.5) is 4.39 Å². The van der Waals surface area contributed by atoms with Gasteiger partial charge in [-0.2, -0.15) is 5.10 Å². The highest BCUT2D eigenvalue weighted by molar-refractivity contribution is 9.10. The molecule has 150 valence electrons. The first kappa shape index (κ1) is 19.5. The van der Waals surface area contributed by atoms with Crippen molar-refractivity contribution in [2.45, 2.75) is 18.9 Å². The zero-order chi connectivity index (χ0) is 20.4. The van der Waals surface area contributed by atoms with Gasteiger partial charge in [0.2, 0.25) is 0 Å². The van der Waals surface area contributed by atoms with Gasteiger partial charge in [0.05, 0.1) is 16.7 Å². The Balaban J connectivity index is 1.47. The first-order valence-electron chi connectivity index (χ1n) is 9.23. The number of hydrogen-bond acceptors (Lipinski definition) is 5. The Kier molecular flexibility index (Phi) is 5.57. The lowest BCUT2D eigenvalue weighted by molar-refractivity contribution is 0.0506. The summed E-state index contributed by atoms with van der Waals surface area (Å²) in [4.78, 5) is 23.1. The molecule has 4 rings (SSSR count). The third-order valence-electron chi connectivity index (χ3n) is 4.77. The van der Waals surface area contributed by atoms with Crippen molar-refractivity contribution in [3.05, 3.63) is 58.7 Å². The Morgan fingerprint density at radius 1 is 1.24 bits per heavy atom. The van der Waals surface area contributed by atoms with Crippen molar-refractivity contribution in [1.29, 1.82) is 0 Å². The first-order chi connectivity index (χ1) is 14.0. The van der Waals surface area contributed by atoms with Crippen molar-refractivity contribution in [3.63, 3.8) is 0 Å². The summed E-state index contributed by atoms with van der Waals surface area (Å²) in [5.41, 5.74) is 1.86. The van der Waals surface area contributed by atoms with Crippen LogP contribution in [0, 0.1) is 5.82 Å². The maximum Gasteiger partial charge on any atom is 0.316 e. The summed E-state index contributed by atoms with van der Waals surface area (Å²) in [6.45, 7) is 1.10. The monoisotopic (exact) mass is 459 g/mol. The van der Waals surface area contributed by atoms with Gasteiger partial charge in [0.25, 0.3) is 5.91 Å². The van der Waals surface area contributed by atoms with E-state index in [4.69, 9.17) is 4.74 Å². The summed E-state index contributed by atoms with van der Waals surface area (Å²) in [6, 6.07) is 8.08. The normalized spacial score (nSPS) is 16.7. The van der Waals surface area contributed by atoms with Crippen LogP contribution < -0.4 is 4.74 Å². The molecule has 2 aromatic heterocycles. The molecule has 0 saturated carbocycles. The van der Waals surface area contributed by atoms with Crippen molar-refractivity contribution in [2.24, 2.45) is 7.05 Å². The second kappa shape index (κ2) is 8.28. The fourth-order valence-electron chi connectivity index (χ4n) is 3.32. The highest BCUT2D eigenvalue weighted by Gasteiger charge is 2.28. The number of benzene rings is 1. The molecule has 1 aromatic carbocycles. The second-order valence-corrected chi connectivity index (χ2v) is 7.78. The molecule has 1 atom stereocenters. The maximum absolute atomic E-state index is 13.2. The molecular formula is C20H19BrFN5O2. The summed E-state index contributed by atoms with van der Waals surface area (Å²) in [6.07, 6.45) is 4.74. The van der Waals surface area contributed by atoms with E-state index in [1.54, 1.807) is 47.2 Å². The standard InChI is InChI=1S/C20H19BrFN5O2/c1-26-18(9-17(25-26)13-4-6-15(22)7-5-13)19(28)27-8-2-3-16(12-27)29-20-23-10-14(21)11-24-20/h4-7,9-11,16H,2-3,8,12H2,1H3. The molecule has 1 amide bonds. The third-order valence-corrected chi connectivity index (χ3v) is 5.18. The number of ether oxygens (including phenoxy) is 1. The minimum absolute atomic E-state index is 0.113. The zero-order valence-electron chi connectivity index (χ0n) is 15.8. The number of halogens is 2. The van der Waals surface area contributed by atoms with Crippen LogP contribution in [0.3, 0.4) is 0 Å². The fraction of sp³-hybridized carbons (Fsp3) is 0.300. The summed E-state index contributed by atoms with van der Waals surface area (Å²) >= 11 is 3.29. The Bertz CT molecular complexity index is 1010. The van der Waals surface area contributed by atoms with E-state index in [1.807, 2.05) is 0 Å². The predicted octanol–water partition coefficient (Wildman–Crippen LogP) is 3.46. The molecule has 1 unspecified atom stereocenters. The highest BCUT2D eigenvalue weighted by Crippen LogP contribution is 2.22. The molecule has 1 saturated heterocycles. The summed E-state index contributed by atoms with van der Waals surface area (Å²) in [5, 5.41) is 4.41. The number of carbonyl (C=O) groups is 1. The maximum atomic E-state index is 13.2. The molecule has 1 aliphatic heterocycles. The second-order valence-electron chi connectivity index (χ2n) is 6.86. The molecule has 0 spiro atoms. The SMILES string of the molecule is Cn1nc(-c2ccc(F)cc2)cc1C(=O)N1CCCC(Oc2ncc(Br)cn2)C1. The molecular weight excluding hydrogens is 441 g/mol. The predicted molar refractivity (Wildman–Crippen MR) is 108 cm³/mol. The van der Waals surface area contributed by atoms with Gasteiger partial charge in [0.15, 0.2) is 0 Å². The van der Waals surface area contributed by atoms with E-state index in [9.17, 15) is 9.18 Å². The van der Waals surface area contributed by atoms with Gasteiger partial charge < -0.3 is 9.64 Å². The first-order valence-corrected chi connectivity index (χ1v) is 10.0. The molecule has 3 heterocycles. The molecule has 0 aliphatic carbocycles. The number of piperidine rings is 1. The molecule has 9 heteroatoms. The van der Waals surface area contributed by atoms with Gasteiger partial charge >= 0.3 is 6.01 Å². The van der Waals surface area contributed by atoms with Crippen LogP contribution in [-0.4, -0.2) is 49.7 Å². The smallest absolute Gasteiger partial charge is 0.316 e. The third kappa shape index (κ3) is 4.45. The quantitative estimate of drug-likeness (QED) is 0.597. The van der Waals surface area contributed by atoms with Crippen molar-refractivity contribution in [1.82, 2.24) is 24.6 Å². The lowest BCUT2D eigenvalue weighted by atomic mass is 10.1. The van der Waals surface area contributed by atoms with E-state index < -0.39 is 0 Å². The highest BCUT2D eigenvalue weighted by atomic mass is 79.9. The van der Waals surface area contributed by atoms with Crippen LogP contribution in [0.5, 0.6) is 6.01 Å². The van der Waals surface area contributed by atoms with Crippen LogP contribution in [-0.2, 0) is 7.05 Å². The van der Waals surface area contributed by atoms with Crippen LogP contribution in [0.15, 0.2) is 47.2 Å². The van der Waals surface area contributed by atoms with Gasteiger partial charge in [-0.15, -0.1) is 0 Å². The average molecular weight is 460 g/mol. The molecule has 1 fully saturated rings. The summed E-state index contributed by atoms with van der Waals surface area (Å²) < 4.78 is 21.3. The average Bonchev–Trinajstić information content (AvgIpc) is 3.11. The molecule has 3 aromatic rings. The Morgan fingerprint density at radius 3 is 2.69 bits per heavy atom. The topological polar surface area (TPSA) is 73.1 Å². The minimum atomic E-state index is -0.310. The van der Waals surface area contributed by atoms with Crippen LogP contribution in [0.25, 0.3) is 11.3 Å². The minimum Gasteiger partial charge on any atom is -0.458 e. The summed E-state index contributed by atoms with van der Waals surface area (Å²) in [7, 11) is 1.73. The number of nitrogens with zero attached hydrogens (tertiary/aromatic N) is 5. The molecule has 29 heavy (non-hydrogen) atoms. The van der Waals surface area contributed by atoms with Crippen molar-refractivity contribution in [2.75, 3.05) is 13.1 Å². The van der Waals surface area contributed by atoms with Crippen molar-refractivity contribution in [3.8, 4) is 17.3 Å². The lowest BCUT2D eigenvalue weighted by Crippen LogP contribution is -2.45. The molecule has 0 radical (unpaired) electrons. The van der Waals surface area contributed by atoms with E-state index >= 15 is 0 Å². The lowest BCUT2D eigenvalue weighted by Gasteiger charge is -2.32.